The highest BCUT2D eigenvalue weighted by Gasteiger charge is 2.48. The summed E-state index contributed by atoms with van der Waals surface area (Å²) in [4.78, 5) is 30.2. The molecule has 0 spiro atoms. The van der Waals surface area contributed by atoms with Crippen molar-refractivity contribution in [1.82, 2.24) is 10.2 Å². The van der Waals surface area contributed by atoms with E-state index in [1.807, 2.05) is 24.3 Å². The van der Waals surface area contributed by atoms with Crippen LogP contribution in [0.4, 0.5) is 14.5 Å². The van der Waals surface area contributed by atoms with Gasteiger partial charge in [0, 0.05) is 38.3 Å². The standard InChI is InChI=1S/C37H44F2N4O3/c38-30-11-9-28(10-12-30)34(44)18-17-33-36(42(37(33)46)32-15-13-31(39)14-16-32)29-7-5-27(6-8-29)26-40-35(45)4-2-1-3-22-43-23-19-41(20-24-43)21-25-43/h5-16,33-34,36,44H,1-4,17-26H2/p+1. The van der Waals surface area contributed by atoms with Gasteiger partial charge in [0.25, 0.3) is 0 Å². The Morgan fingerprint density at radius 1 is 0.870 bits per heavy atom. The minimum absolute atomic E-state index is 0.0644. The third kappa shape index (κ3) is 7.48. The van der Waals surface area contributed by atoms with Crippen molar-refractivity contribution in [2.24, 2.45) is 5.92 Å². The highest BCUT2D eigenvalue weighted by molar-refractivity contribution is 6.03. The average molecular weight is 632 g/mol. The van der Waals surface area contributed by atoms with E-state index in [0.29, 0.717) is 37.1 Å². The Morgan fingerprint density at radius 3 is 2.15 bits per heavy atom. The number of unbranched alkanes of at least 4 members (excludes halogenated alkanes) is 2. The van der Waals surface area contributed by atoms with Gasteiger partial charge in [0.2, 0.25) is 11.8 Å². The molecule has 4 saturated heterocycles. The molecule has 244 valence electrons. The van der Waals surface area contributed by atoms with Gasteiger partial charge in [-0.2, -0.15) is 0 Å². The summed E-state index contributed by atoms with van der Waals surface area (Å²) in [7, 11) is 0. The molecule has 0 aliphatic carbocycles. The van der Waals surface area contributed by atoms with Gasteiger partial charge in [-0.05, 0) is 85.2 Å². The van der Waals surface area contributed by atoms with Crippen LogP contribution in [0, 0.1) is 17.6 Å². The van der Waals surface area contributed by atoms with Gasteiger partial charge in [0.1, 0.15) is 11.6 Å². The van der Waals surface area contributed by atoms with Crippen molar-refractivity contribution in [2.75, 3.05) is 50.7 Å². The van der Waals surface area contributed by atoms with Gasteiger partial charge in [-0.1, -0.05) is 36.4 Å². The largest absolute Gasteiger partial charge is 0.388 e. The molecular weight excluding hydrogens is 586 g/mol. The van der Waals surface area contributed by atoms with Crippen molar-refractivity contribution in [2.45, 2.75) is 57.2 Å². The number of β-lactam (4-membered cyclic amide) rings is 1. The molecule has 4 aliphatic rings. The Morgan fingerprint density at radius 2 is 1.50 bits per heavy atom. The van der Waals surface area contributed by atoms with Crippen molar-refractivity contribution in [3.8, 4) is 0 Å². The lowest BCUT2D eigenvalue weighted by molar-refractivity contribution is -0.941. The minimum Gasteiger partial charge on any atom is -0.388 e. The molecule has 7 nitrogen and oxygen atoms in total. The summed E-state index contributed by atoms with van der Waals surface area (Å²) in [5.74, 6) is -1.12. The number of halogens is 2. The maximum atomic E-state index is 13.7. The fraction of sp³-hybridized carbons (Fsp3) is 0.459. The van der Waals surface area contributed by atoms with Gasteiger partial charge in [-0.3, -0.25) is 14.5 Å². The van der Waals surface area contributed by atoms with Crippen LogP contribution in [-0.4, -0.2) is 72.1 Å². The molecule has 9 heteroatoms. The fourth-order valence-electron chi connectivity index (χ4n) is 7.39. The normalized spacial score (nSPS) is 24.5. The Hall–Kier alpha value is -3.66. The van der Waals surface area contributed by atoms with Crippen molar-refractivity contribution in [1.29, 1.82) is 0 Å². The second-order valence-corrected chi connectivity index (χ2v) is 13.3. The summed E-state index contributed by atoms with van der Waals surface area (Å²) in [6, 6.07) is 19.3. The second-order valence-electron chi connectivity index (χ2n) is 13.3. The van der Waals surface area contributed by atoms with Crippen molar-refractivity contribution in [3.05, 3.63) is 101 Å². The zero-order valence-corrected chi connectivity index (χ0v) is 26.4. The number of carbonyl (C=O) groups excluding carboxylic acids is 2. The van der Waals surface area contributed by atoms with Crippen LogP contribution < -0.4 is 10.2 Å². The Balaban J connectivity index is 1.01. The average Bonchev–Trinajstić information content (AvgIpc) is 3.08. The first-order valence-corrected chi connectivity index (χ1v) is 16.8. The predicted octanol–water partition coefficient (Wildman–Crippen LogP) is 5.51. The van der Waals surface area contributed by atoms with E-state index in [1.54, 1.807) is 29.2 Å². The van der Waals surface area contributed by atoms with Gasteiger partial charge >= 0.3 is 0 Å². The first kappa shape index (κ1) is 32.3. The lowest BCUT2D eigenvalue weighted by atomic mass is 9.78. The summed E-state index contributed by atoms with van der Waals surface area (Å²) in [6.45, 7) is 9.22. The number of quaternary nitrogens is 1. The van der Waals surface area contributed by atoms with Crippen LogP contribution in [0.3, 0.4) is 0 Å². The Bertz CT molecular complexity index is 1460. The highest BCUT2D eigenvalue weighted by atomic mass is 19.1. The molecule has 4 aliphatic heterocycles. The van der Waals surface area contributed by atoms with Crippen LogP contribution in [0.25, 0.3) is 0 Å². The van der Waals surface area contributed by atoms with Gasteiger partial charge in [0.05, 0.1) is 44.2 Å². The molecule has 0 aromatic heterocycles. The van der Waals surface area contributed by atoms with Crippen molar-refractivity contribution >= 4 is 17.5 Å². The number of hydrogen-bond donors (Lipinski definition) is 2. The smallest absolute Gasteiger partial charge is 0.233 e. The van der Waals surface area contributed by atoms with E-state index in [9.17, 15) is 23.5 Å². The number of aliphatic hydroxyl groups excluding tert-OH is 1. The topological polar surface area (TPSA) is 72.9 Å². The van der Waals surface area contributed by atoms with E-state index >= 15 is 0 Å². The van der Waals surface area contributed by atoms with E-state index in [0.717, 1.165) is 24.0 Å². The predicted molar refractivity (Wildman–Crippen MR) is 174 cm³/mol. The monoisotopic (exact) mass is 631 g/mol. The number of rotatable bonds is 14. The molecule has 3 unspecified atom stereocenters. The maximum absolute atomic E-state index is 13.7. The number of nitrogens with zero attached hydrogens (tertiary/aromatic N) is 3. The van der Waals surface area contributed by atoms with E-state index in [1.165, 1.54) is 81.0 Å². The number of hydrogen-bond acceptors (Lipinski definition) is 4. The molecule has 3 aromatic rings. The number of nitrogens with one attached hydrogen (secondary N) is 1. The van der Waals surface area contributed by atoms with Crippen LogP contribution in [-0.2, 0) is 16.1 Å². The van der Waals surface area contributed by atoms with Crippen LogP contribution in [0.2, 0.25) is 0 Å². The molecule has 2 N–H and O–H groups in total. The zero-order valence-electron chi connectivity index (χ0n) is 26.4. The molecule has 4 fully saturated rings. The SMILES string of the molecule is O=C(CCCCC[N+]12CCN(CC1)CC2)NCc1ccc(C2C(CCC(O)c3ccc(F)cc3)C(=O)N2c2ccc(F)cc2)cc1. The zero-order chi connectivity index (χ0) is 32.1. The Kier molecular flexibility index (Phi) is 10.1. The number of anilines is 1. The van der Waals surface area contributed by atoms with Crippen LogP contribution in [0.1, 0.15) is 67.4 Å². The van der Waals surface area contributed by atoms with Crippen LogP contribution in [0.5, 0.6) is 0 Å². The maximum Gasteiger partial charge on any atom is 0.233 e. The van der Waals surface area contributed by atoms with Gasteiger partial charge in [-0.15, -0.1) is 0 Å². The molecule has 2 amide bonds. The molecule has 7 rings (SSSR count). The molecular formula is C37H45F2N4O3+. The molecule has 4 heterocycles. The number of piperazine rings is 3. The number of fused-ring (bicyclic) bond motifs is 3. The van der Waals surface area contributed by atoms with Crippen molar-refractivity contribution < 1.29 is 28.0 Å². The van der Waals surface area contributed by atoms with Crippen molar-refractivity contribution in [3.63, 3.8) is 0 Å². The molecule has 2 bridgehead atoms. The first-order chi connectivity index (χ1) is 22.3. The second kappa shape index (κ2) is 14.4. The van der Waals surface area contributed by atoms with E-state index < -0.39 is 6.10 Å². The lowest BCUT2D eigenvalue weighted by Gasteiger charge is -2.50. The molecule has 46 heavy (non-hydrogen) atoms. The molecule has 3 atom stereocenters. The molecule has 3 aromatic carbocycles. The summed E-state index contributed by atoms with van der Waals surface area (Å²) < 4.78 is 28.3. The molecule has 0 saturated carbocycles. The summed E-state index contributed by atoms with van der Waals surface area (Å²) in [6.07, 6.45) is 3.67. The number of benzene rings is 3. The first-order valence-electron chi connectivity index (χ1n) is 16.8. The van der Waals surface area contributed by atoms with Gasteiger partial charge in [-0.25, -0.2) is 8.78 Å². The summed E-state index contributed by atoms with van der Waals surface area (Å²) in [5, 5.41) is 13.8. The fourth-order valence-corrected chi connectivity index (χ4v) is 7.39. The lowest BCUT2D eigenvalue weighted by Crippen LogP contribution is -2.67. The number of carbonyl (C=O) groups is 2. The number of amides is 2. The molecule has 0 radical (unpaired) electrons. The van der Waals surface area contributed by atoms with E-state index in [2.05, 4.69) is 10.2 Å². The third-order valence-electron chi connectivity index (χ3n) is 10.3. The van der Waals surface area contributed by atoms with E-state index in [-0.39, 0.29) is 35.4 Å². The van der Waals surface area contributed by atoms with Crippen LogP contribution in [0.15, 0.2) is 72.8 Å². The minimum atomic E-state index is -0.816. The highest BCUT2D eigenvalue weighted by Crippen LogP contribution is 2.46. The van der Waals surface area contributed by atoms with E-state index in [4.69, 9.17) is 0 Å². The summed E-state index contributed by atoms with van der Waals surface area (Å²) >= 11 is 0. The summed E-state index contributed by atoms with van der Waals surface area (Å²) in [5.41, 5.74) is 3.13. The number of aliphatic hydroxyl groups is 1. The van der Waals surface area contributed by atoms with Crippen LogP contribution >= 0.6 is 0 Å². The van der Waals surface area contributed by atoms with Gasteiger partial charge < -0.3 is 19.8 Å². The Labute approximate surface area is 270 Å². The third-order valence-corrected chi connectivity index (χ3v) is 10.3. The quantitative estimate of drug-likeness (QED) is 0.140. The van der Waals surface area contributed by atoms with Gasteiger partial charge in [0.15, 0.2) is 0 Å².